The number of hydrogen-bond acceptors (Lipinski definition) is 4. The number of carbonyl (C=O) groups excluding carboxylic acids is 1. The quantitative estimate of drug-likeness (QED) is 0.403. The van der Waals surface area contributed by atoms with Crippen LogP contribution in [-0.4, -0.2) is 26.5 Å². The molecular formula is C24H23N5O2. The lowest BCUT2D eigenvalue weighted by Crippen LogP contribution is -2.30. The SMILES string of the molecule is Cc1cc(C=NNC(=O)Cc2ccccc2)c(C)n1-n1c(C)nc2ccccc2c1=O. The molecule has 1 amide bonds. The third-order valence-corrected chi connectivity index (χ3v) is 5.15. The summed E-state index contributed by atoms with van der Waals surface area (Å²) in [4.78, 5) is 29.8. The first kappa shape index (κ1) is 20.3. The molecule has 4 aromatic rings. The fourth-order valence-corrected chi connectivity index (χ4v) is 3.68. The first-order valence-corrected chi connectivity index (χ1v) is 9.99. The van der Waals surface area contributed by atoms with E-state index < -0.39 is 0 Å². The molecule has 2 heterocycles. The summed E-state index contributed by atoms with van der Waals surface area (Å²) < 4.78 is 3.39. The minimum atomic E-state index is -0.193. The Bertz CT molecular complexity index is 1350. The highest BCUT2D eigenvalue weighted by Gasteiger charge is 2.15. The highest BCUT2D eigenvalue weighted by atomic mass is 16.2. The molecule has 0 unspecified atom stereocenters. The number of amides is 1. The molecular weight excluding hydrogens is 390 g/mol. The molecule has 2 aromatic heterocycles. The van der Waals surface area contributed by atoms with E-state index in [2.05, 4.69) is 15.5 Å². The highest BCUT2D eigenvalue weighted by Crippen LogP contribution is 2.15. The number of nitrogens with one attached hydrogen (secondary N) is 1. The van der Waals surface area contributed by atoms with Crippen LogP contribution in [-0.2, 0) is 11.2 Å². The average Bonchev–Trinajstić information content (AvgIpc) is 3.02. The Morgan fingerprint density at radius 3 is 2.52 bits per heavy atom. The first-order valence-electron chi connectivity index (χ1n) is 9.99. The van der Waals surface area contributed by atoms with Crippen molar-refractivity contribution in [3.05, 3.63) is 99.4 Å². The second-order valence-electron chi connectivity index (χ2n) is 7.39. The lowest BCUT2D eigenvalue weighted by molar-refractivity contribution is -0.120. The van der Waals surface area contributed by atoms with Gasteiger partial charge in [-0.05, 0) is 44.5 Å². The number of aryl methyl sites for hydroxylation is 2. The van der Waals surface area contributed by atoms with E-state index in [1.165, 1.54) is 0 Å². The lowest BCUT2D eigenvalue weighted by Gasteiger charge is -2.16. The molecule has 7 heteroatoms. The Morgan fingerprint density at radius 2 is 1.74 bits per heavy atom. The molecule has 31 heavy (non-hydrogen) atoms. The van der Waals surface area contributed by atoms with Crippen molar-refractivity contribution >= 4 is 23.0 Å². The third kappa shape index (κ3) is 4.02. The minimum Gasteiger partial charge on any atom is -0.273 e. The van der Waals surface area contributed by atoms with Gasteiger partial charge < -0.3 is 0 Å². The number of carbonyl (C=O) groups is 1. The van der Waals surface area contributed by atoms with Crippen LogP contribution in [0, 0.1) is 20.8 Å². The van der Waals surface area contributed by atoms with Crippen molar-refractivity contribution in [3.8, 4) is 0 Å². The fourth-order valence-electron chi connectivity index (χ4n) is 3.68. The van der Waals surface area contributed by atoms with Gasteiger partial charge in [-0.3, -0.25) is 14.3 Å². The molecule has 7 nitrogen and oxygen atoms in total. The normalized spacial score (nSPS) is 11.3. The van der Waals surface area contributed by atoms with Gasteiger partial charge in [0.25, 0.3) is 5.56 Å². The van der Waals surface area contributed by atoms with E-state index in [9.17, 15) is 9.59 Å². The van der Waals surface area contributed by atoms with Crippen LogP contribution in [0.1, 0.15) is 28.3 Å². The second-order valence-corrected chi connectivity index (χ2v) is 7.39. The predicted octanol–water partition coefficient (Wildman–Crippen LogP) is 3.13. The number of hydrazone groups is 1. The van der Waals surface area contributed by atoms with Crippen LogP contribution >= 0.6 is 0 Å². The van der Waals surface area contributed by atoms with E-state index in [0.29, 0.717) is 16.7 Å². The molecule has 4 rings (SSSR count). The van der Waals surface area contributed by atoms with E-state index in [1.54, 1.807) is 17.0 Å². The van der Waals surface area contributed by atoms with Gasteiger partial charge in [-0.15, -0.1) is 0 Å². The van der Waals surface area contributed by atoms with Crippen LogP contribution in [0.5, 0.6) is 0 Å². The zero-order valence-corrected chi connectivity index (χ0v) is 17.7. The topological polar surface area (TPSA) is 81.3 Å². The Labute approximate surface area is 179 Å². The van der Waals surface area contributed by atoms with Gasteiger partial charge in [0.2, 0.25) is 5.91 Å². The summed E-state index contributed by atoms with van der Waals surface area (Å²) in [5, 5.41) is 4.66. The van der Waals surface area contributed by atoms with Crippen LogP contribution in [0.3, 0.4) is 0 Å². The molecule has 0 atom stereocenters. The molecule has 0 radical (unpaired) electrons. The number of aromatic nitrogens is 3. The summed E-state index contributed by atoms with van der Waals surface area (Å²) in [5.74, 6) is 0.396. The minimum absolute atomic E-state index is 0.135. The second kappa shape index (κ2) is 8.39. The van der Waals surface area contributed by atoms with Crippen LogP contribution in [0.25, 0.3) is 10.9 Å². The Hall–Kier alpha value is -4.00. The van der Waals surface area contributed by atoms with E-state index >= 15 is 0 Å². The molecule has 0 bridgehead atoms. The summed E-state index contributed by atoms with van der Waals surface area (Å²) in [7, 11) is 0. The fraction of sp³-hybridized carbons (Fsp3) is 0.167. The molecule has 1 N–H and O–H groups in total. The van der Waals surface area contributed by atoms with E-state index in [-0.39, 0.29) is 17.9 Å². The third-order valence-electron chi connectivity index (χ3n) is 5.15. The largest absolute Gasteiger partial charge is 0.280 e. The summed E-state index contributed by atoms with van der Waals surface area (Å²) in [6.07, 6.45) is 1.85. The summed E-state index contributed by atoms with van der Waals surface area (Å²) >= 11 is 0. The van der Waals surface area contributed by atoms with Crippen LogP contribution in [0.4, 0.5) is 0 Å². The number of benzene rings is 2. The maximum absolute atomic E-state index is 13.2. The molecule has 0 saturated heterocycles. The van der Waals surface area contributed by atoms with Crippen molar-refractivity contribution < 1.29 is 4.79 Å². The van der Waals surface area contributed by atoms with Crippen molar-refractivity contribution in [2.24, 2.45) is 5.10 Å². The maximum atomic E-state index is 13.2. The van der Waals surface area contributed by atoms with Crippen molar-refractivity contribution in [1.82, 2.24) is 19.8 Å². The van der Waals surface area contributed by atoms with Gasteiger partial charge >= 0.3 is 0 Å². The Kier molecular flexibility index (Phi) is 5.49. The molecule has 0 saturated carbocycles. The standard InChI is InChI=1S/C24H23N5O2/c1-16-13-20(15-25-27-23(30)14-19-9-5-4-6-10-19)17(2)28(16)29-18(3)26-22-12-8-7-11-21(22)24(29)31/h4-13,15H,14H2,1-3H3,(H,27,30). The first-order chi connectivity index (χ1) is 15.0. The van der Waals surface area contributed by atoms with Crippen molar-refractivity contribution in [2.45, 2.75) is 27.2 Å². The lowest BCUT2D eigenvalue weighted by atomic mass is 10.1. The maximum Gasteiger partial charge on any atom is 0.280 e. The smallest absolute Gasteiger partial charge is 0.273 e. The summed E-state index contributed by atoms with van der Waals surface area (Å²) in [6, 6.07) is 18.7. The van der Waals surface area contributed by atoms with Gasteiger partial charge in [-0.2, -0.15) is 9.78 Å². The molecule has 156 valence electrons. The van der Waals surface area contributed by atoms with Gasteiger partial charge in [0.1, 0.15) is 5.82 Å². The van der Waals surface area contributed by atoms with Crippen LogP contribution < -0.4 is 11.0 Å². The van der Waals surface area contributed by atoms with Crippen molar-refractivity contribution in [1.29, 1.82) is 0 Å². The van der Waals surface area contributed by atoms with Gasteiger partial charge in [0.15, 0.2) is 0 Å². The van der Waals surface area contributed by atoms with Gasteiger partial charge in [0.05, 0.1) is 23.5 Å². The monoisotopic (exact) mass is 413 g/mol. The summed E-state index contributed by atoms with van der Waals surface area (Å²) in [6.45, 7) is 5.63. The molecule has 0 aliphatic carbocycles. The van der Waals surface area contributed by atoms with E-state index in [4.69, 9.17) is 0 Å². The van der Waals surface area contributed by atoms with E-state index in [1.807, 2.05) is 80.0 Å². The predicted molar refractivity (Wildman–Crippen MR) is 121 cm³/mol. The van der Waals surface area contributed by atoms with E-state index in [0.717, 1.165) is 22.5 Å². The molecule has 0 spiro atoms. The molecule has 2 aromatic carbocycles. The number of nitrogens with zero attached hydrogens (tertiary/aromatic N) is 4. The Morgan fingerprint density at radius 1 is 1.03 bits per heavy atom. The van der Waals surface area contributed by atoms with Gasteiger partial charge in [-0.1, -0.05) is 42.5 Å². The van der Waals surface area contributed by atoms with Crippen LogP contribution in [0.2, 0.25) is 0 Å². The number of para-hydroxylation sites is 1. The van der Waals surface area contributed by atoms with Crippen LogP contribution in [0.15, 0.2) is 70.6 Å². The number of hydrogen-bond donors (Lipinski definition) is 1. The van der Waals surface area contributed by atoms with Crippen molar-refractivity contribution in [3.63, 3.8) is 0 Å². The highest BCUT2D eigenvalue weighted by molar-refractivity contribution is 5.84. The average molecular weight is 413 g/mol. The van der Waals surface area contributed by atoms with Gasteiger partial charge in [0, 0.05) is 17.0 Å². The number of rotatable bonds is 5. The van der Waals surface area contributed by atoms with Crippen molar-refractivity contribution in [2.75, 3.05) is 0 Å². The summed E-state index contributed by atoms with van der Waals surface area (Å²) in [5.41, 5.74) is 6.51. The zero-order valence-electron chi connectivity index (χ0n) is 17.7. The zero-order chi connectivity index (χ0) is 22.0. The molecule has 0 fully saturated rings. The van der Waals surface area contributed by atoms with Gasteiger partial charge in [-0.25, -0.2) is 10.4 Å². The molecule has 0 aliphatic heterocycles. The molecule has 0 aliphatic rings. The Balaban J connectivity index is 1.61. The number of fused-ring (bicyclic) bond motifs is 1.